The van der Waals surface area contributed by atoms with Crippen LogP contribution in [0, 0.1) is 6.92 Å². The van der Waals surface area contributed by atoms with E-state index in [0.29, 0.717) is 11.6 Å². The smallest absolute Gasteiger partial charge is 0.170 e. The van der Waals surface area contributed by atoms with Gasteiger partial charge in [0.05, 0.1) is 17.3 Å². The van der Waals surface area contributed by atoms with E-state index in [9.17, 15) is 0 Å². The van der Waals surface area contributed by atoms with Crippen molar-refractivity contribution in [3.63, 3.8) is 0 Å². The summed E-state index contributed by atoms with van der Waals surface area (Å²) in [5, 5.41) is 15.6. The minimum atomic E-state index is 0.565. The number of tetrazole rings is 1. The maximum absolute atomic E-state index is 6.15. The van der Waals surface area contributed by atoms with Crippen LogP contribution in [0.5, 0.6) is 0 Å². The zero-order valence-electron chi connectivity index (χ0n) is 10.5. The summed E-state index contributed by atoms with van der Waals surface area (Å²) in [5.41, 5.74) is 2.04. The molecule has 1 aromatic carbocycles. The predicted octanol–water partition coefficient (Wildman–Crippen LogP) is 2.66. The molecular formula is C12H16ClN5. The second-order valence-electron chi connectivity index (χ2n) is 4.16. The first-order valence-electron chi connectivity index (χ1n) is 5.95. The molecular weight excluding hydrogens is 250 g/mol. The van der Waals surface area contributed by atoms with E-state index in [2.05, 4.69) is 27.8 Å². The second kappa shape index (κ2) is 5.82. The van der Waals surface area contributed by atoms with E-state index >= 15 is 0 Å². The number of anilines is 1. The number of rotatable bonds is 5. The molecule has 0 bridgehead atoms. The molecule has 0 spiro atoms. The SMILES string of the molecule is CCCn1nnnc1CNc1ccc(C)cc1Cl. The number of hydrogen-bond acceptors (Lipinski definition) is 4. The number of aromatic nitrogens is 4. The lowest BCUT2D eigenvalue weighted by atomic mass is 10.2. The number of nitrogens with zero attached hydrogens (tertiary/aromatic N) is 4. The Bertz CT molecular complexity index is 523. The van der Waals surface area contributed by atoms with Crippen molar-refractivity contribution in [3.8, 4) is 0 Å². The molecule has 0 saturated carbocycles. The van der Waals surface area contributed by atoms with Crippen LogP contribution in [0.1, 0.15) is 24.7 Å². The predicted molar refractivity (Wildman–Crippen MR) is 71.6 cm³/mol. The molecule has 1 aromatic heterocycles. The second-order valence-corrected chi connectivity index (χ2v) is 4.56. The molecule has 2 rings (SSSR count). The van der Waals surface area contributed by atoms with E-state index in [1.807, 2.05) is 25.1 Å². The van der Waals surface area contributed by atoms with Crippen molar-refractivity contribution in [2.45, 2.75) is 33.4 Å². The van der Waals surface area contributed by atoms with Crippen LogP contribution in [0.25, 0.3) is 0 Å². The summed E-state index contributed by atoms with van der Waals surface area (Å²) in [6, 6.07) is 5.91. The standard InChI is InChI=1S/C12H16ClN5/c1-3-6-18-12(15-16-17-18)8-14-11-5-4-9(2)7-10(11)13/h4-5,7,14H,3,6,8H2,1-2H3. The third kappa shape index (κ3) is 2.98. The van der Waals surface area contributed by atoms with Gasteiger partial charge in [-0.1, -0.05) is 24.6 Å². The Morgan fingerprint density at radius 3 is 2.94 bits per heavy atom. The van der Waals surface area contributed by atoms with Gasteiger partial charge in [-0.05, 0) is 41.5 Å². The van der Waals surface area contributed by atoms with E-state index in [4.69, 9.17) is 11.6 Å². The number of aryl methyl sites for hydroxylation is 2. The minimum Gasteiger partial charge on any atom is -0.376 e. The Hall–Kier alpha value is -1.62. The van der Waals surface area contributed by atoms with Gasteiger partial charge in [-0.3, -0.25) is 0 Å². The van der Waals surface area contributed by atoms with Gasteiger partial charge in [-0.25, -0.2) is 4.68 Å². The molecule has 0 unspecified atom stereocenters. The van der Waals surface area contributed by atoms with Crippen LogP contribution in [0.2, 0.25) is 5.02 Å². The molecule has 1 heterocycles. The summed E-state index contributed by atoms with van der Waals surface area (Å²) < 4.78 is 1.80. The van der Waals surface area contributed by atoms with Gasteiger partial charge in [-0.15, -0.1) is 5.10 Å². The maximum atomic E-state index is 6.15. The number of benzene rings is 1. The molecule has 96 valence electrons. The first-order chi connectivity index (χ1) is 8.70. The van der Waals surface area contributed by atoms with Crippen LogP contribution in [-0.4, -0.2) is 20.2 Å². The first kappa shape index (κ1) is 12.8. The summed E-state index contributed by atoms with van der Waals surface area (Å²) >= 11 is 6.15. The van der Waals surface area contributed by atoms with E-state index in [-0.39, 0.29) is 0 Å². The van der Waals surface area contributed by atoms with Gasteiger partial charge in [0, 0.05) is 6.54 Å². The molecule has 0 aliphatic heterocycles. The van der Waals surface area contributed by atoms with Crippen LogP contribution in [0.3, 0.4) is 0 Å². The van der Waals surface area contributed by atoms with Crippen molar-refractivity contribution in [2.24, 2.45) is 0 Å². The molecule has 0 saturated heterocycles. The van der Waals surface area contributed by atoms with Gasteiger partial charge in [0.25, 0.3) is 0 Å². The molecule has 6 heteroatoms. The van der Waals surface area contributed by atoms with Crippen molar-refractivity contribution in [1.29, 1.82) is 0 Å². The molecule has 18 heavy (non-hydrogen) atoms. The molecule has 0 atom stereocenters. The monoisotopic (exact) mass is 265 g/mol. The summed E-state index contributed by atoms with van der Waals surface area (Å²) in [6.07, 6.45) is 1.00. The Morgan fingerprint density at radius 2 is 2.22 bits per heavy atom. The fraction of sp³-hybridized carbons (Fsp3) is 0.417. The fourth-order valence-corrected chi connectivity index (χ4v) is 1.98. The average molecular weight is 266 g/mol. The average Bonchev–Trinajstić information content (AvgIpc) is 2.76. The van der Waals surface area contributed by atoms with E-state index in [1.54, 1.807) is 4.68 Å². The van der Waals surface area contributed by atoms with Gasteiger partial charge in [0.2, 0.25) is 0 Å². The highest BCUT2D eigenvalue weighted by molar-refractivity contribution is 6.33. The van der Waals surface area contributed by atoms with Crippen LogP contribution in [0.4, 0.5) is 5.69 Å². The highest BCUT2D eigenvalue weighted by Crippen LogP contribution is 2.22. The Morgan fingerprint density at radius 1 is 1.39 bits per heavy atom. The van der Waals surface area contributed by atoms with Crippen LogP contribution in [0.15, 0.2) is 18.2 Å². The van der Waals surface area contributed by atoms with Gasteiger partial charge >= 0.3 is 0 Å². The lowest BCUT2D eigenvalue weighted by Crippen LogP contribution is -2.10. The number of hydrogen-bond donors (Lipinski definition) is 1. The van der Waals surface area contributed by atoms with E-state index in [1.165, 1.54) is 0 Å². The summed E-state index contributed by atoms with van der Waals surface area (Å²) in [7, 11) is 0. The lowest BCUT2D eigenvalue weighted by molar-refractivity contribution is 0.558. The van der Waals surface area contributed by atoms with Crippen LogP contribution < -0.4 is 5.32 Å². The molecule has 2 aromatic rings. The molecule has 0 amide bonds. The first-order valence-corrected chi connectivity index (χ1v) is 6.33. The molecule has 0 aliphatic rings. The third-order valence-corrected chi connectivity index (χ3v) is 2.92. The molecule has 0 fully saturated rings. The highest BCUT2D eigenvalue weighted by Gasteiger charge is 2.06. The Labute approximate surface area is 111 Å². The Balaban J connectivity index is 2.04. The number of halogens is 1. The van der Waals surface area contributed by atoms with Gasteiger partial charge in [0.1, 0.15) is 0 Å². The maximum Gasteiger partial charge on any atom is 0.170 e. The molecule has 0 aliphatic carbocycles. The fourth-order valence-electron chi connectivity index (χ4n) is 1.67. The van der Waals surface area contributed by atoms with E-state index < -0.39 is 0 Å². The van der Waals surface area contributed by atoms with Crippen molar-refractivity contribution in [2.75, 3.05) is 5.32 Å². The zero-order valence-corrected chi connectivity index (χ0v) is 11.3. The number of nitrogens with one attached hydrogen (secondary N) is 1. The molecule has 1 N–H and O–H groups in total. The van der Waals surface area contributed by atoms with Crippen molar-refractivity contribution in [3.05, 3.63) is 34.6 Å². The zero-order chi connectivity index (χ0) is 13.0. The third-order valence-electron chi connectivity index (χ3n) is 2.60. The largest absolute Gasteiger partial charge is 0.376 e. The topological polar surface area (TPSA) is 55.6 Å². The molecule has 0 radical (unpaired) electrons. The molecule has 5 nitrogen and oxygen atoms in total. The van der Waals surface area contributed by atoms with Gasteiger partial charge < -0.3 is 5.32 Å². The van der Waals surface area contributed by atoms with Crippen molar-refractivity contribution in [1.82, 2.24) is 20.2 Å². The minimum absolute atomic E-state index is 0.565. The van der Waals surface area contributed by atoms with Crippen molar-refractivity contribution >= 4 is 17.3 Å². The van der Waals surface area contributed by atoms with Crippen molar-refractivity contribution < 1.29 is 0 Å². The van der Waals surface area contributed by atoms with Gasteiger partial charge in [-0.2, -0.15) is 0 Å². The van der Waals surface area contributed by atoms with E-state index in [0.717, 1.165) is 30.0 Å². The van der Waals surface area contributed by atoms with Crippen LogP contribution >= 0.6 is 11.6 Å². The highest BCUT2D eigenvalue weighted by atomic mass is 35.5. The van der Waals surface area contributed by atoms with Gasteiger partial charge in [0.15, 0.2) is 5.82 Å². The quantitative estimate of drug-likeness (QED) is 0.903. The normalized spacial score (nSPS) is 10.6. The van der Waals surface area contributed by atoms with Crippen LogP contribution in [-0.2, 0) is 13.1 Å². The summed E-state index contributed by atoms with van der Waals surface area (Å²) in [6.45, 7) is 5.49. The lowest BCUT2D eigenvalue weighted by Gasteiger charge is -2.08. The summed E-state index contributed by atoms with van der Waals surface area (Å²) in [4.78, 5) is 0. The Kier molecular flexibility index (Phi) is 4.15. The summed E-state index contributed by atoms with van der Waals surface area (Å²) in [5.74, 6) is 0.813.